The minimum absolute atomic E-state index is 0.132. The summed E-state index contributed by atoms with van der Waals surface area (Å²) < 4.78 is 2.77. The number of halogens is 2. The molecular weight excluding hydrogens is 416 g/mol. The molecule has 1 aromatic heterocycles. The third-order valence-electron chi connectivity index (χ3n) is 3.85. The van der Waals surface area contributed by atoms with Gasteiger partial charge >= 0.3 is 6.03 Å². The van der Waals surface area contributed by atoms with Crippen LogP contribution in [0.3, 0.4) is 0 Å². The third-order valence-corrected chi connectivity index (χ3v) is 4.63. The molecule has 0 bridgehead atoms. The summed E-state index contributed by atoms with van der Waals surface area (Å²) in [6, 6.07) is 15.2. The van der Waals surface area contributed by atoms with Gasteiger partial charge in [0.1, 0.15) is 0 Å². The molecule has 2 amide bonds. The molecule has 0 saturated carbocycles. The number of urea groups is 1. The molecule has 1 N–H and O–H groups in total. The van der Waals surface area contributed by atoms with Crippen molar-refractivity contribution in [3.8, 4) is 5.69 Å². The maximum Gasteiger partial charge on any atom is 0.317 e. The molecule has 0 fully saturated rings. The van der Waals surface area contributed by atoms with Crippen LogP contribution < -0.4 is 5.32 Å². The molecule has 26 heavy (non-hydrogen) atoms. The number of nitrogens with zero attached hydrogens (tertiary/aromatic N) is 3. The average molecular weight is 434 g/mol. The molecule has 0 unspecified atom stereocenters. The zero-order valence-electron chi connectivity index (χ0n) is 14.2. The van der Waals surface area contributed by atoms with E-state index >= 15 is 0 Å². The highest BCUT2D eigenvalue weighted by Crippen LogP contribution is 2.14. The van der Waals surface area contributed by atoms with Crippen molar-refractivity contribution < 1.29 is 4.79 Å². The number of carbonyl (C=O) groups is 1. The Balaban J connectivity index is 1.54. The SMILES string of the molecule is CN(Cc1ccc(Br)cc1)C(=O)NCc1cnn(-c2ccc(Cl)cc2)c1. The number of amides is 2. The first-order valence-electron chi connectivity index (χ1n) is 8.04. The van der Waals surface area contributed by atoms with Crippen molar-refractivity contribution in [3.63, 3.8) is 0 Å². The fourth-order valence-corrected chi connectivity index (χ4v) is 2.82. The van der Waals surface area contributed by atoms with Gasteiger partial charge in [-0.3, -0.25) is 0 Å². The smallest absolute Gasteiger partial charge is 0.317 e. The van der Waals surface area contributed by atoms with Gasteiger partial charge in [-0.2, -0.15) is 5.10 Å². The zero-order valence-corrected chi connectivity index (χ0v) is 16.5. The van der Waals surface area contributed by atoms with Crippen LogP contribution in [0.4, 0.5) is 4.79 Å². The van der Waals surface area contributed by atoms with E-state index in [0.29, 0.717) is 18.1 Å². The van der Waals surface area contributed by atoms with Gasteiger partial charge < -0.3 is 10.2 Å². The van der Waals surface area contributed by atoms with E-state index in [1.807, 2.05) is 54.7 Å². The second kappa shape index (κ2) is 8.38. The van der Waals surface area contributed by atoms with E-state index in [1.54, 1.807) is 22.8 Å². The van der Waals surface area contributed by atoms with Crippen molar-refractivity contribution >= 4 is 33.6 Å². The topological polar surface area (TPSA) is 50.2 Å². The van der Waals surface area contributed by atoms with Crippen LogP contribution in [-0.2, 0) is 13.1 Å². The quantitative estimate of drug-likeness (QED) is 0.638. The van der Waals surface area contributed by atoms with Crippen LogP contribution >= 0.6 is 27.5 Å². The van der Waals surface area contributed by atoms with E-state index in [4.69, 9.17) is 11.6 Å². The predicted molar refractivity (Wildman–Crippen MR) is 106 cm³/mol. The van der Waals surface area contributed by atoms with Crippen molar-refractivity contribution in [2.75, 3.05) is 7.05 Å². The lowest BCUT2D eigenvalue weighted by molar-refractivity contribution is 0.206. The van der Waals surface area contributed by atoms with Crippen LogP contribution in [0, 0.1) is 0 Å². The Bertz CT molecular complexity index is 877. The monoisotopic (exact) mass is 432 g/mol. The van der Waals surface area contributed by atoms with Crippen LogP contribution in [0.15, 0.2) is 65.4 Å². The molecule has 0 aliphatic carbocycles. The fourth-order valence-electron chi connectivity index (χ4n) is 2.43. The van der Waals surface area contributed by atoms with Gasteiger partial charge in [0.05, 0.1) is 11.9 Å². The Morgan fingerprint density at radius 1 is 1.15 bits per heavy atom. The molecule has 7 heteroatoms. The fraction of sp³-hybridized carbons (Fsp3) is 0.158. The summed E-state index contributed by atoms with van der Waals surface area (Å²) in [6.45, 7) is 0.959. The molecular formula is C19H18BrClN4O. The first kappa shape index (κ1) is 18.5. The molecule has 1 heterocycles. The second-order valence-corrected chi connectivity index (χ2v) is 7.26. The number of carbonyl (C=O) groups excluding carboxylic acids is 1. The Morgan fingerprint density at radius 3 is 2.54 bits per heavy atom. The third kappa shape index (κ3) is 4.86. The molecule has 134 valence electrons. The largest absolute Gasteiger partial charge is 0.334 e. The predicted octanol–water partition coefficient (Wildman–Crippen LogP) is 4.63. The van der Waals surface area contributed by atoms with Gasteiger partial charge in [-0.25, -0.2) is 9.48 Å². The van der Waals surface area contributed by atoms with Gasteiger partial charge in [0.15, 0.2) is 0 Å². The molecule has 0 spiro atoms. The number of benzene rings is 2. The van der Waals surface area contributed by atoms with Gasteiger partial charge in [0, 0.05) is 41.4 Å². The lowest BCUT2D eigenvalue weighted by atomic mass is 10.2. The van der Waals surface area contributed by atoms with Gasteiger partial charge in [-0.05, 0) is 42.0 Å². The second-order valence-electron chi connectivity index (χ2n) is 5.91. The van der Waals surface area contributed by atoms with Crippen molar-refractivity contribution in [3.05, 3.63) is 81.5 Å². The molecule has 0 aliphatic heterocycles. The first-order valence-corrected chi connectivity index (χ1v) is 9.21. The van der Waals surface area contributed by atoms with E-state index in [2.05, 4.69) is 26.3 Å². The minimum Gasteiger partial charge on any atom is -0.334 e. The van der Waals surface area contributed by atoms with E-state index in [1.165, 1.54) is 0 Å². The van der Waals surface area contributed by atoms with Gasteiger partial charge in [-0.1, -0.05) is 39.7 Å². The van der Waals surface area contributed by atoms with E-state index in [0.717, 1.165) is 21.3 Å². The molecule has 0 aliphatic rings. The summed E-state index contributed by atoms with van der Waals surface area (Å²) in [7, 11) is 1.77. The van der Waals surface area contributed by atoms with Crippen LogP contribution in [0.25, 0.3) is 5.69 Å². The number of aromatic nitrogens is 2. The first-order chi connectivity index (χ1) is 12.5. The zero-order chi connectivity index (χ0) is 18.5. The highest BCUT2D eigenvalue weighted by atomic mass is 79.9. The number of rotatable bonds is 5. The molecule has 5 nitrogen and oxygen atoms in total. The van der Waals surface area contributed by atoms with Crippen molar-refractivity contribution in [2.45, 2.75) is 13.1 Å². The Morgan fingerprint density at radius 2 is 1.85 bits per heavy atom. The van der Waals surface area contributed by atoms with Crippen LogP contribution in [-0.4, -0.2) is 27.8 Å². The highest BCUT2D eigenvalue weighted by Gasteiger charge is 2.09. The van der Waals surface area contributed by atoms with Crippen LogP contribution in [0.2, 0.25) is 5.02 Å². The Hall–Kier alpha value is -2.31. The number of hydrogen-bond donors (Lipinski definition) is 1. The van der Waals surface area contributed by atoms with Crippen LogP contribution in [0.5, 0.6) is 0 Å². The Labute approximate surface area is 165 Å². The molecule has 0 atom stereocenters. The highest BCUT2D eigenvalue weighted by molar-refractivity contribution is 9.10. The van der Waals surface area contributed by atoms with E-state index in [9.17, 15) is 4.79 Å². The van der Waals surface area contributed by atoms with E-state index < -0.39 is 0 Å². The van der Waals surface area contributed by atoms with E-state index in [-0.39, 0.29) is 6.03 Å². The summed E-state index contributed by atoms with van der Waals surface area (Å²) in [5.41, 5.74) is 2.91. The Kier molecular flexibility index (Phi) is 5.96. The summed E-state index contributed by atoms with van der Waals surface area (Å²) in [5.74, 6) is 0. The average Bonchev–Trinajstić information content (AvgIpc) is 3.11. The van der Waals surface area contributed by atoms with Crippen molar-refractivity contribution in [1.82, 2.24) is 20.0 Å². The van der Waals surface area contributed by atoms with Crippen molar-refractivity contribution in [1.29, 1.82) is 0 Å². The maximum atomic E-state index is 12.3. The molecule has 0 saturated heterocycles. The van der Waals surface area contributed by atoms with Crippen LogP contribution in [0.1, 0.15) is 11.1 Å². The summed E-state index contributed by atoms with van der Waals surface area (Å²) in [4.78, 5) is 13.9. The van der Waals surface area contributed by atoms with Gasteiger partial charge in [-0.15, -0.1) is 0 Å². The number of nitrogens with one attached hydrogen (secondary N) is 1. The molecule has 3 rings (SSSR count). The normalized spacial score (nSPS) is 10.6. The maximum absolute atomic E-state index is 12.3. The van der Waals surface area contributed by atoms with Gasteiger partial charge in [0.25, 0.3) is 0 Å². The summed E-state index contributed by atoms with van der Waals surface area (Å²) in [5, 5.41) is 7.91. The standard InChI is InChI=1S/C19H18BrClN4O/c1-24(12-14-2-4-16(20)5-3-14)19(26)22-10-15-11-23-25(13-15)18-8-6-17(21)7-9-18/h2-9,11,13H,10,12H2,1H3,(H,22,26). The summed E-state index contributed by atoms with van der Waals surface area (Å²) in [6.07, 6.45) is 3.63. The van der Waals surface area contributed by atoms with Gasteiger partial charge in [0.2, 0.25) is 0 Å². The van der Waals surface area contributed by atoms with Crippen molar-refractivity contribution in [2.24, 2.45) is 0 Å². The lowest BCUT2D eigenvalue weighted by Crippen LogP contribution is -2.36. The minimum atomic E-state index is -0.132. The lowest BCUT2D eigenvalue weighted by Gasteiger charge is -2.17. The molecule has 2 aromatic carbocycles. The molecule has 3 aromatic rings. The summed E-state index contributed by atoms with van der Waals surface area (Å²) >= 11 is 9.31. The number of hydrogen-bond acceptors (Lipinski definition) is 2. The molecule has 0 radical (unpaired) electrons.